The summed E-state index contributed by atoms with van der Waals surface area (Å²) < 4.78 is 11.6. The van der Waals surface area contributed by atoms with Crippen molar-refractivity contribution < 1.29 is 24.2 Å². The highest BCUT2D eigenvalue weighted by atomic mass is 16.8. The number of hydrogen-bond donors (Lipinski definition) is 4. The van der Waals surface area contributed by atoms with E-state index < -0.39 is 42.1 Å². The zero-order valence-corrected chi connectivity index (χ0v) is 16.6. The first-order valence-corrected chi connectivity index (χ1v) is 9.66. The third-order valence-corrected chi connectivity index (χ3v) is 4.71. The Bertz CT molecular complexity index is 564. The van der Waals surface area contributed by atoms with E-state index in [4.69, 9.17) is 15.2 Å². The lowest BCUT2D eigenvalue weighted by atomic mass is 9.99. The molecule has 2 rings (SSSR count). The lowest BCUT2D eigenvalue weighted by Gasteiger charge is -2.27. The number of allylic oxidation sites excluding steroid dienone is 1. The fourth-order valence-corrected chi connectivity index (χ4v) is 3.27. The standard InChI is InChI=1S/C19H33N3O5/c1-11(2)8-9-13-16(27-19(3,4)26-13)15(23)14(20)18(25)22-12-7-5-6-10-21-17(12)24/h8-9,11-16,23H,5-7,10,20H2,1-4H3,(H,21,24)(H,22,25)/b9-8+/t12-,13+,14-,15+,16-/m0/s1. The number of nitrogens with one attached hydrogen (secondary N) is 2. The van der Waals surface area contributed by atoms with Crippen molar-refractivity contribution in [3.63, 3.8) is 0 Å². The fourth-order valence-electron chi connectivity index (χ4n) is 3.27. The smallest absolute Gasteiger partial charge is 0.242 e. The molecule has 8 heteroatoms. The minimum atomic E-state index is -1.28. The summed E-state index contributed by atoms with van der Waals surface area (Å²) in [6, 6.07) is -1.87. The molecule has 27 heavy (non-hydrogen) atoms. The molecular weight excluding hydrogens is 350 g/mol. The molecule has 2 amide bonds. The molecule has 0 unspecified atom stereocenters. The Kier molecular flexibility index (Phi) is 7.39. The van der Waals surface area contributed by atoms with Crippen LogP contribution in [0.1, 0.15) is 47.0 Å². The molecular formula is C19H33N3O5. The van der Waals surface area contributed by atoms with E-state index in [2.05, 4.69) is 10.6 Å². The van der Waals surface area contributed by atoms with E-state index in [1.807, 2.05) is 26.0 Å². The zero-order chi connectivity index (χ0) is 20.2. The van der Waals surface area contributed by atoms with Gasteiger partial charge < -0.3 is 30.9 Å². The third-order valence-electron chi connectivity index (χ3n) is 4.71. The second-order valence-corrected chi connectivity index (χ2v) is 8.06. The molecule has 0 aliphatic carbocycles. The van der Waals surface area contributed by atoms with Crippen LogP contribution in [0.5, 0.6) is 0 Å². The van der Waals surface area contributed by atoms with E-state index in [0.29, 0.717) is 18.9 Å². The normalized spacial score (nSPS) is 30.8. The van der Waals surface area contributed by atoms with Gasteiger partial charge in [0.25, 0.3) is 0 Å². The van der Waals surface area contributed by atoms with Crippen LogP contribution in [-0.2, 0) is 19.1 Å². The van der Waals surface area contributed by atoms with Crippen molar-refractivity contribution in [3.8, 4) is 0 Å². The topological polar surface area (TPSA) is 123 Å². The Labute approximate surface area is 160 Å². The molecule has 0 bridgehead atoms. The summed E-state index contributed by atoms with van der Waals surface area (Å²) in [5, 5.41) is 16.1. The lowest BCUT2D eigenvalue weighted by molar-refractivity contribution is -0.157. The van der Waals surface area contributed by atoms with Crippen LogP contribution in [0.3, 0.4) is 0 Å². The molecule has 0 spiro atoms. The number of aliphatic hydroxyl groups is 1. The van der Waals surface area contributed by atoms with Crippen molar-refractivity contribution in [1.82, 2.24) is 10.6 Å². The maximum Gasteiger partial charge on any atom is 0.242 e. The Morgan fingerprint density at radius 2 is 2.07 bits per heavy atom. The molecule has 2 aliphatic heterocycles. The number of amides is 2. The van der Waals surface area contributed by atoms with E-state index in [9.17, 15) is 14.7 Å². The minimum Gasteiger partial charge on any atom is -0.388 e. The predicted molar refractivity (Wildman–Crippen MR) is 101 cm³/mol. The van der Waals surface area contributed by atoms with Crippen molar-refractivity contribution in [2.24, 2.45) is 11.7 Å². The number of hydrogen-bond acceptors (Lipinski definition) is 6. The minimum absolute atomic E-state index is 0.220. The first kappa shape index (κ1) is 21.8. The second-order valence-electron chi connectivity index (χ2n) is 8.06. The van der Waals surface area contributed by atoms with Gasteiger partial charge in [0.05, 0.1) is 0 Å². The molecule has 5 atom stereocenters. The van der Waals surface area contributed by atoms with Crippen LogP contribution in [0.25, 0.3) is 0 Å². The van der Waals surface area contributed by atoms with Gasteiger partial charge in [0, 0.05) is 6.54 Å². The van der Waals surface area contributed by atoms with E-state index in [1.165, 1.54) is 0 Å². The number of nitrogens with two attached hydrogens (primary N) is 1. The van der Waals surface area contributed by atoms with Gasteiger partial charge in [0.2, 0.25) is 11.8 Å². The first-order valence-electron chi connectivity index (χ1n) is 9.66. The highest BCUT2D eigenvalue weighted by Crippen LogP contribution is 2.31. The monoisotopic (exact) mass is 383 g/mol. The molecule has 8 nitrogen and oxygen atoms in total. The highest BCUT2D eigenvalue weighted by molar-refractivity contribution is 5.90. The van der Waals surface area contributed by atoms with Gasteiger partial charge in [-0.3, -0.25) is 9.59 Å². The number of carbonyl (C=O) groups excluding carboxylic acids is 2. The van der Waals surface area contributed by atoms with E-state index in [0.717, 1.165) is 12.8 Å². The van der Waals surface area contributed by atoms with Crippen molar-refractivity contribution in [2.75, 3.05) is 6.54 Å². The SMILES string of the molecule is CC(C)/C=C/[C@H]1OC(C)(C)O[C@@H]1[C@H](O)[C@H](N)C(=O)N[C@H]1CCCCNC1=O. The molecule has 2 saturated heterocycles. The zero-order valence-electron chi connectivity index (χ0n) is 16.6. The third kappa shape index (κ3) is 6.00. The van der Waals surface area contributed by atoms with Crippen LogP contribution < -0.4 is 16.4 Å². The van der Waals surface area contributed by atoms with Crippen molar-refractivity contribution in [2.45, 2.75) is 83.1 Å². The molecule has 0 aromatic carbocycles. The summed E-state index contributed by atoms with van der Waals surface area (Å²) in [6.07, 6.45) is 3.47. The largest absolute Gasteiger partial charge is 0.388 e. The van der Waals surface area contributed by atoms with E-state index >= 15 is 0 Å². The van der Waals surface area contributed by atoms with Crippen molar-refractivity contribution in [3.05, 3.63) is 12.2 Å². The summed E-state index contributed by atoms with van der Waals surface area (Å²) in [4.78, 5) is 24.5. The Morgan fingerprint density at radius 1 is 1.37 bits per heavy atom. The van der Waals surface area contributed by atoms with Gasteiger partial charge in [-0.25, -0.2) is 0 Å². The highest BCUT2D eigenvalue weighted by Gasteiger charge is 2.46. The van der Waals surface area contributed by atoms with Crippen LogP contribution in [0.15, 0.2) is 12.2 Å². The molecule has 154 valence electrons. The van der Waals surface area contributed by atoms with Gasteiger partial charge in [0.1, 0.15) is 30.4 Å². The average molecular weight is 383 g/mol. The van der Waals surface area contributed by atoms with Gasteiger partial charge in [-0.05, 0) is 39.0 Å². The molecule has 2 fully saturated rings. The van der Waals surface area contributed by atoms with Gasteiger partial charge in [-0.2, -0.15) is 0 Å². The van der Waals surface area contributed by atoms with Gasteiger partial charge in [-0.1, -0.05) is 26.0 Å². The van der Waals surface area contributed by atoms with Crippen molar-refractivity contribution >= 4 is 11.8 Å². The number of rotatable bonds is 6. The summed E-state index contributed by atoms with van der Waals surface area (Å²) in [6.45, 7) is 8.15. The Hall–Kier alpha value is -1.48. The molecule has 5 N–H and O–H groups in total. The van der Waals surface area contributed by atoms with Crippen molar-refractivity contribution in [1.29, 1.82) is 0 Å². The van der Waals surface area contributed by atoms with Gasteiger partial charge >= 0.3 is 0 Å². The first-order chi connectivity index (χ1) is 12.6. The Morgan fingerprint density at radius 3 is 2.74 bits per heavy atom. The van der Waals surface area contributed by atoms with Gasteiger partial charge in [-0.15, -0.1) is 0 Å². The predicted octanol–water partition coefficient (Wildman–Crippen LogP) is 0.192. The summed E-state index contributed by atoms with van der Waals surface area (Å²) >= 11 is 0. The molecule has 2 aliphatic rings. The van der Waals surface area contributed by atoms with Crippen LogP contribution >= 0.6 is 0 Å². The maximum atomic E-state index is 12.5. The summed E-state index contributed by atoms with van der Waals surface area (Å²) in [7, 11) is 0. The number of carbonyl (C=O) groups is 2. The molecule has 2 heterocycles. The Balaban J connectivity index is 2.03. The average Bonchev–Trinajstić information content (AvgIpc) is 2.77. The van der Waals surface area contributed by atoms with Crippen LogP contribution in [0, 0.1) is 5.92 Å². The molecule has 0 aromatic heterocycles. The quantitative estimate of drug-likeness (QED) is 0.486. The fraction of sp³-hybridized carbons (Fsp3) is 0.789. The van der Waals surface area contributed by atoms with E-state index in [-0.39, 0.29) is 5.91 Å². The molecule has 0 radical (unpaired) electrons. The summed E-state index contributed by atoms with van der Waals surface area (Å²) in [5.41, 5.74) is 6.00. The number of aliphatic hydroxyl groups excluding tert-OH is 1. The van der Waals surface area contributed by atoms with Crippen LogP contribution in [0.4, 0.5) is 0 Å². The maximum absolute atomic E-state index is 12.5. The van der Waals surface area contributed by atoms with Crippen LogP contribution in [-0.4, -0.2) is 59.6 Å². The van der Waals surface area contributed by atoms with Gasteiger partial charge in [0.15, 0.2) is 5.79 Å². The lowest BCUT2D eigenvalue weighted by Crippen LogP contribution is -2.58. The van der Waals surface area contributed by atoms with Crippen LogP contribution in [0.2, 0.25) is 0 Å². The second kappa shape index (κ2) is 9.14. The van der Waals surface area contributed by atoms with E-state index in [1.54, 1.807) is 13.8 Å². The summed E-state index contributed by atoms with van der Waals surface area (Å²) in [5.74, 6) is -1.39. The number of ether oxygens (including phenoxy) is 2. The molecule has 0 saturated carbocycles. The molecule has 0 aromatic rings.